The number of hydrogen-bond donors (Lipinski definition) is 6. The fourth-order valence-electron chi connectivity index (χ4n) is 3.73. The van der Waals surface area contributed by atoms with Crippen LogP contribution in [0.4, 0.5) is 19.0 Å². The van der Waals surface area contributed by atoms with Crippen LogP contribution in [-0.4, -0.2) is 73.4 Å². The Morgan fingerprint density at radius 3 is 2.26 bits per heavy atom. The first-order valence-corrected chi connectivity index (χ1v) is 16.2. The summed E-state index contributed by atoms with van der Waals surface area (Å²) in [5.41, 5.74) is 4.47. The van der Waals surface area contributed by atoms with E-state index in [4.69, 9.17) is 9.90 Å². The van der Waals surface area contributed by atoms with E-state index >= 15 is 0 Å². The molecule has 13 nitrogen and oxygen atoms in total. The van der Waals surface area contributed by atoms with Crippen molar-refractivity contribution in [1.82, 2.24) is 20.9 Å². The third-order valence-electron chi connectivity index (χ3n) is 6.20. The van der Waals surface area contributed by atoms with Crippen LogP contribution in [0.25, 0.3) is 0 Å². The molecule has 47 heavy (non-hydrogen) atoms. The van der Waals surface area contributed by atoms with Gasteiger partial charge in [0, 0.05) is 44.0 Å². The fourth-order valence-corrected chi connectivity index (χ4v) is 4.40. The van der Waals surface area contributed by atoms with Crippen molar-refractivity contribution >= 4 is 39.9 Å². The number of amides is 2. The van der Waals surface area contributed by atoms with Gasteiger partial charge in [0.25, 0.3) is 16.0 Å². The summed E-state index contributed by atoms with van der Waals surface area (Å²) in [6.07, 6.45) is 7.59. The van der Waals surface area contributed by atoms with Crippen molar-refractivity contribution in [3.8, 4) is 0 Å². The smallest absolute Gasteiger partial charge is 0.475 e. The number of benzene rings is 1. The molecule has 1 aromatic carbocycles. The molecule has 0 atom stereocenters. The molecule has 1 heterocycles. The molecule has 0 saturated heterocycles. The van der Waals surface area contributed by atoms with E-state index < -0.39 is 22.3 Å². The first-order valence-electron chi connectivity index (χ1n) is 14.7. The number of allylic oxidation sites excluding steroid dienone is 2. The van der Waals surface area contributed by atoms with Gasteiger partial charge in [-0.15, -0.1) is 0 Å². The van der Waals surface area contributed by atoms with Crippen LogP contribution in [0.15, 0.2) is 64.4 Å². The van der Waals surface area contributed by atoms with E-state index in [1.165, 1.54) is 49.1 Å². The molecule has 2 rings (SSSR count). The number of nitrogens with one attached hydrogen (secondary N) is 4. The van der Waals surface area contributed by atoms with Crippen molar-refractivity contribution in [1.29, 1.82) is 0 Å². The highest BCUT2D eigenvalue weighted by Crippen LogP contribution is 2.14. The van der Waals surface area contributed by atoms with Crippen LogP contribution in [0, 0.1) is 0 Å². The minimum absolute atomic E-state index is 0.0273. The van der Waals surface area contributed by atoms with Crippen LogP contribution in [0.1, 0.15) is 74.2 Å². The molecule has 17 heteroatoms. The summed E-state index contributed by atoms with van der Waals surface area (Å²) in [6, 6.07) is 8.97. The van der Waals surface area contributed by atoms with Crippen LogP contribution < -0.4 is 21.4 Å². The fraction of sp³-hybridized carbons (Fsp3) is 0.433. The number of hydrazone groups is 1. The second-order valence-electron chi connectivity index (χ2n) is 9.91. The van der Waals surface area contributed by atoms with Crippen molar-refractivity contribution in [3.05, 3.63) is 65.5 Å². The van der Waals surface area contributed by atoms with E-state index in [0.717, 1.165) is 32.1 Å². The zero-order valence-electron chi connectivity index (χ0n) is 26.1. The molecule has 0 saturated carbocycles. The molecule has 0 fully saturated rings. The molecule has 260 valence electrons. The highest BCUT2D eigenvalue weighted by Gasteiger charge is 2.38. The number of nitrogens with zero attached hydrogens (tertiary/aromatic N) is 2. The number of pyridine rings is 1. The lowest BCUT2D eigenvalue weighted by atomic mass is 10.1. The van der Waals surface area contributed by atoms with E-state index in [-0.39, 0.29) is 28.8 Å². The molecule has 0 aliphatic rings. The maximum absolute atomic E-state index is 12.3. The van der Waals surface area contributed by atoms with E-state index in [1.807, 2.05) is 7.05 Å². The molecular formula is C30H41F3N6O7S. The predicted octanol–water partition coefficient (Wildman–Crippen LogP) is 4.50. The Balaban J connectivity index is 0.00000141. The lowest BCUT2D eigenvalue weighted by molar-refractivity contribution is -0.192. The van der Waals surface area contributed by atoms with Gasteiger partial charge in [-0.1, -0.05) is 44.0 Å². The zero-order valence-corrected chi connectivity index (χ0v) is 27.0. The molecule has 0 aliphatic carbocycles. The van der Waals surface area contributed by atoms with E-state index in [1.54, 1.807) is 18.2 Å². The summed E-state index contributed by atoms with van der Waals surface area (Å²) < 4.78 is 63.9. The van der Waals surface area contributed by atoms with Crippen LogP contribution in [-0.2, 0) is 19.7 Å². The van der Waals surface area contributed by atoms with E-state index in [9.17, 15) is 35.7 Å². The Bertz CT molecular complexity index is 1450. The summed E-state index contributed by atoms with van der Waals surface area (Å²) in [5.74, 6) is -2.78. The molecule has 1 aromatic heterocycles. The first kappa shape index (κ1) is 40.5. The molecule has 0 radical (unpaired) electrons. The number of alkyl halides is 3. The largest absolute Gasteiger partial charge is 0.490 e. The van der Waals surface area contributed by atoms with Gasteiger partial charge in [-0.05, 0) is 50.3 Å². The Hall–Kier alpha value is -4.51. The van der Waals surface area contributed by atoms with Crippen LogP contribution >= 0.6 is 0 Å². The number of anilines is 1. The number of hydrogen-bond acceptors (Lipinski definition) is 9. The van der Waals surface area contributed by atoms with Gasteiger partial charge < -0.3 is 21.1 Å². The standard InChI is InChI=1S/C28H40N6O5S.C2HF3O2/c1-3-4-12-24(29-2)13-7-5-6-8-15-27(35)30-18-19-31-28(36)23-16-17-26(32-20-23)34-33-21-22-11-9-10-14-25(22)40(37,38)39;3-2(4,5)1(6)7/h9-11,13-14,16-17,20-21,29H,3-8,12,15,18-19H2,1-2H3,(H,30,35)(H,31,36)(H,32,34)(H,37,38,39);(H,6,7)/b24-13-,33-21-;. The Morgan fingerprint density at radius 2 is 1.66 bits per heavy atom. The Labute approximate surface area is 271 Å². The molecule has 2 amide bonds. The number of carbonyl (C=O) groups excluding carboxylic acids is 2. The minimum atomic E-state index is -5.08. The van der Waals surface area contributed by atoms with Crippen LogP contribution in [0.5, 0.6) is 0 Å². The number of aliphatic carboxylic acids is 1. The summed E-state index contributed by atoms with van der Waals surface area (Å²) in [4.78, 5) is 37.1. The SMILES string of the molecule is CCCC/C(=C/CCCCCC(=O)NCCNC(=O)c1ccc(N/N=C\c2ccccc2S(=O)(=O)O)nc1)NC.O=C(O)C(F)(F)F. The maximum atomic E-state index is 12.3. The summed E-state index contributed by atoms with van der Waals surface area (Å²) in [6.45, 7) is 2.81. The van der Waals surface area contributed by atoms with Crippen molar-refractivity contribution in [2.24, 2.45) is 5.10 Å². The van der Waals surface area contributed by atoms with Gasteiger partial charge in [-0.25, -0.2) is 9.78 Å². The maximum Gasteiger partial charge on any atom is 0.490 e. The van der Waals surface area contributed by atoms with Gasteiger partial charge in [-0.2, -0.15) is 26.7 Å². The quantitative estimate of drug-likeness (QED) is 0.0562. The number of aromatic nitrogens is 1. The molecular weight excluding hydrogens is 645 g/mol. The average Bonchev–Trinajstić information content (AvgIpc) is 3.02. The number of halogens is 3. The Morgan fingerprint density at radius 1 is 0.979 bits per heavy atom. The topological polar surface area (TPSA) is 199 Å². The molecule has 6 N–H and O–H groups in total. The summed E-state index contributed by atoms with van der Waals surface area (Å²) in [5, 5.41) is 19.9. The van der Waals surface area contributed by atoms with Crippen molar-refractivity contribution in [2.45, 2.75) is 69.4 Å². The van der Waals surface area contributed by atoms with Gasteiger partial charge in [0.2, 0.25) is 5.91 Å². The normalized spacial score (nSPS) is 11.7. The highest BCUT2D eigenvalue weighted by atomic mass is 32.2. The number of rotatable bonds is 18. The number of unbranched alkanes of at least 4 members (excludes halogenated alkanes) is 4. The van der Waals surface area contributed by atoms with Gasteiger partial charge in [0.1, 0.15) is 10.7 Å². The van der Waals surface area contributed by atoms with E-state index in [2.05, 4.69) is 44.5 Å². The van der Waals surface area contributed by atoms with Crippen molar-refractivity contribution < 1.29 is 45.6 Å². The third-order valence-corrected chi connectivity index (χ3v) is 7.13. The minimum Gasteiger partial charge on any atom is -0.475 e. The predicted molar refractivity (Wildman–Crippen MR) is 170 cm³/mol. The number of carbonyl (C=O) groups is 3. The van der Waals surface area contributed by atoms with Crippen LogP contribution in [0.3, 0.4) is 0 Å². The molecule has 2 aromatic rings. The van der Waals surface area contributed by atoms with Gasteiger partial charge >= 0.3 is 12.1 Å². The molecule has 0 spiro atoms. The molecule has 0 bridgehead atoms. The Kier molecular flexibility index (Phi) is 18.4. The lowest BCUT2D eigenvalue weighted by Gasteiger charge is -2.08. The van der Waals surface area contributed by atoms with Crippen LogP contribution in [0.2, 0.25) is 0 Å². The summed E-state index contributed by atoms with van der Waals surface area (Å²) in [7, 11) is -2.42. The van der Waals surface area contributed by atoms with Crippen molar-refractivity contribution in [3.63, 3.8) is 0 Å². The second kappa shape index (κ2) is 21.3. The lowest BCUT2D eigenvalue weighted by Crippen LogP contribution is -2.34. The molecule has 0 aliphatic heterocycles. The van der Waals surface area contributed by atoms with Gasteiger partial charge in [0.15, 0.2) is 0 Å². The zero-order chi connectivity index (χ0) is 35.3. The highest BCUT2D eigenvalue weighted by molar-refractivity contribution is 7.86. The monoisotopic (exact) mass is 686 g/mol. The van der Waals surface area contributed by atoms with E-state index in [0.29, 0.717) is 24.3 Å². The number of carboxylic acid groups (broad SMARTS) is 1. The summed E-state index contributed by atoms with van der Waals surface area (Å²) >= 11 is 0. The number of carboxylic acids is 1. The first-order chi connectivity index (χ1) is 22.2. The molecule has 0 unspecified atom stereocenters. The average molecular weight is 687 g/mol. The van der Waals surface area contributed by atoms with Gasteiger partial charge in [-0.3, -0.25) is 19.6 Å². The van der Waals surface area contributed by atoms with Crippen molar-refractivity contribution in [2.75, 3.05) is 25.6 Å². The third kappa shape index (κ3) is 17.7. The van der Waals surface area contributed by atoms with Gasteiger partial charge in [0.05, 0.1) is 11.8 Å². The second-order valence-corrected chi connectivity index (χ2v) is 11.3.